The molecule has 1 aromatic heterocycles. The molecule has 0 aliphatic rings. The monoisotopic (exact) mass is 381 g/mol. The van der Waals surface area contributed by atoms with E-state index < -0.39 is 35.5 Å². The van der Waals surface area contributed by atoms with Crippen LogP contribution in [0.5, 0.6) is 0 Å². The molecule has 140 valence electrons. The molecule has 1 heterocycles. The number of nitrogens with one attached hydrogen (secondary N) is 1. The first-order chi connectivity index (χ1) is 12.8. The number of carbonyl (C=O) groups excluding carboxylic acids is 1. The minimum Gasteiger partial charge on any atom is -0.322 e. The van der Waals surface area contributed by atoms with E-state index in [0.29, 0.717) is 4.68 Å². The van der Waals surface area contributed by atoms with Crippen molar-refractivity contribution in [1.82, 2.24) is 9.78 Å². The SMILES string of the molecule is Cc1nn(C(F)F)cc1-c1ccc(NC(=O)c2c(F)cccc2F)cc1F. The summed E-state index contributed by atoms with van der Waals surface area (Å²) >= 11 is 0. The fourth-order valence-electron chi connectivity index (χ4n) is 2.57. The van der Waals surface area contributed by atoms with E-state index in [4.69, 9.17) is 0 Å². The standard InChI is InChI=1S/C18H12F5N3O/c1-9-12(8-26(25-9)18(22)23)11-6-5-10(7-15(11)21)24-17(27)16-13(19)3-2-4-14(16)20/h2-8,18H,1H3,(H,24,27). The van der Waals surface area contributed by atoms with Crippen LogP contribution >= 0.6 is 0 Å². The van der Waals surface area contributed by atoms with Crippen LogP contribution in [-0.4, -0.2) is 15.7 Å². The van der Waals surface area contributed by atoms with Gasteiger partial charge >= 0.3 is 6.55 Å². The lowest BCUT2D eigenvalue weighted by atomic mass is 10.1. The Morgan fingerprint density at radius 1 is 1.04 bits per heavy atom. The summed E-state index contributed by atoms with van der Waals surface area (Å²) in [4.78, 5) is 12.0. The number of benzene rings is 2. The number of carbonyl (C=O) groups is 1. The predicted molar refractivity (Wildman–Crippen MR) is 87.9 cm³/mol. The third-order valence-electron chi connectivity index (χ3n) is 3.82. The average Bonchev–Trinajstić information content (AvgIpc) is 2.97. The van der Waals surface area contributed by atoms with Crippen molar-refractivity contribution in [3.05, 3.63) is 71.3 Å². The number of nitrogens with zero attached hydrogens (tertiary/aromatic N) is 2. The number of hydrogen-bond acceptors (Lipinski definition) is 2. The van der Waals surface area contributed by atoms with Gasteiger partial charge < -0.3 is 5.32 Å². The fourth-order valence-corrected chi connectivity index (χ4v) is 2.57. The summed E-state index contributed by atoms with van der Waals surface area (Å²) in [7, 11) is 0. The average molecular weight is 381 g/mol. The first kappa shape index (κ1) is 18.6. The van der Waals surface area contributed by atoms with Gasteiger partial charge in [-0.1, -0.05) is 6.07 Å². The van der Waals surface area contributed by atoms with Crippen molar-refractivity contribution < 1.29 is 26.7 Å². The van der Waals surface area contributed by atoms with E-state index >= 15 is 0 Å². The van der Waals surface area contributed by atoms with Crippen molar-refractivity contribution in [3.8, 4) is 11.1 Å². The molecule has 1 N–H and O–H groups in total. The highest BCUT2D eigenvalue weighted by Gasteiger charge is 2.19. The molecule has 1 amide bonds. The van der Waals surface area contributed by atoms with Gasteiger partial charge in [0.15, 0.2) is 0 Å². The van der Waals surface area contributed by atoms with E-state index in [9.17, 15) is 26.7 Å². The van der Waals surface area contributed by atoms with Crippen molar-refractivity contribution in [2.24, 2.45) is 0 Å². The minimum absolute atomic E-state index is 0.00512. The summed E-state index contributed by atoms with van der Waals surface area (Å²) in [5, 5.41) is 5.80. The van der Waals surface area contributed by atoms with Crippen molar-refractivity contribution in [2.45, 2.75) is 13.5 Å². The molecule has 27 heavy (non-hydrogen) atoms. The van der Waals surface area contributed by atoms with Gasteiger partial charge in [-0.15, -0.1) is 0 Å². The summed E-state index contributed by atoms with van der Waals surface area (Å²) in [6.07, 6.45) is 1.01. The van der Waals surface area contributed by atoms with E-state index in [2.05, 4.69) is 10.4 Å². The fraction of sp³-hybridized carbons (Fsp3) is 0.111. The maximum absolute atomic E-state index is 14.4. The number of alkyl halides is 2. The Kier molecular flexibility index (Phi) is 4.93. The molecule has 3 rings (SSSR count). The van der Waals surface area contributed by atoms with Crippen LogP contribution in [0, 0.1) is 24.4 Å². The normalized spacial score (nSPS) is 11.1. The zero-order valence-corrected chi connectivity index (χ0v) is 13.8. The summed E-state index contributed by atoms with van der Waals surface area (Å²) in [5.41, 5.74) is -0.501. The van der Waals surface area contributed by atoms with Crippen LogP contribution in [-0.2, 0) is 0 Å². The maximum Gasteiger partial charge on any atom is 0.333 e. The van der Waals surface area contributed by atoms with Crippen LogP contribution in [0.4, 0.5) is 27.6 Å². The van der Waals surface area contributed by atoms with Crippen LogP contribution in [0.2, 0.25) is 0 Å². The number of aromatic nitrogens is 2. The second-order valence-electron chi connectivity index (χ2n) is 5.63. The number of rotatable bonds is 4. The summed E-state index contributed by atoms with van der Waals surface area (Å²) in [6.45, 7) is -1.42. The molecular formula is C18H12F5N3O. The van der Waals surface area contributed by atoms with Gasteiger partial charge in [-0.3, -0.25) is 4.79 Å². The van der Waals surface area contributed by atoms with E-state index in [-0.39, 0.29) is 22.5 Å². The lowest BCUT2D eigenvalue weighted by molar-refractivity contribution is 0.0563. The molecule has 0 saturated carbocycles. The van der Waals surface area contributed by atoms with Crippen molar-refractivity contribution in [3.63, 3.8) is 0 Å². The van der Waals surface area contributed by atoms with Crippen LogP contribution in [0.25, 0.3) is 11.1 Å². The Morgan fingerprint density at radius 3 is 2.26 bits per heavy atom. The number of amides is 1. The summed E-state index contributed by atoms with van der Waals surface area (Å²) in [6, 6.07) is 6.41. The van der Waals surface area contributed by atoms with Gasteiger partial charge in [0.25, 0.3) is 5.91 Å². The molecule has 0 aliphatic heterocycles. The molecule has 3 aromatic rings. The molecule has 2 aromatic carbocycles. The lowest BCUT2D eigenvalue weighted by Crippen LogP contribution is -2.16. The molecule has 4 nitrogen and oxygen atoms in total. The van der Waals surface area contributed by atoms with Crippen LogP contribution in [0.3, 0.4) is 0 Å². The van der Waals surface area contributed by atoms with E-state index in [1.54, 1.807) is 0 Å². The Bertz CT molecular complexity index is 996. The maximum atomic E-state index is 14.4. The zero-order chi connectivity index (χ0) is 19.7. The molecule has 0 bridgehead atoms. The Labute approximate surface area is 150 Å². The zero-order valence-electron chi connectivity index (χ0n) is 13.8. The van der Waals surface area contributed by atoms with Crippen LogP contribution in [0.1, 0.15) is 22.6 Å². The quantitative estimate of drug-likeness (QED) is 0.652. The summed E-state index contributed by atoms with van der Waals surface area (Å²) < 4.78 is 67.5. The molecule has 0 spiro atoms. The molecule has 0 radical (unpaired) electrons. The number of aryl methyl sites for hydroxylation is 1. The molecule has 0 atom stereocenters. The molecule has 0 aliphatic carbocycles. The third kappa shape index (κ3) is 3.67. The molecule has 0 unspecified atom stereocenters. The van der Waals surface area contributed by atoms with E-state index in [1.807, 2.05) is 0 Å². The number of halogens is 5. The van der Waals surface area contributed by atoms with Gasteiger partial charge in [0.2, 0.25) is 0 Å². The number of anilines is 1. The topological polar surface area (TPSA) is 46.9 Å². The third-order valence-corrected chi connectivity index (χ3v) is 3.82. The lowest BCUT2D eigenvalue weighted by Gasteiger charge is -2.09. The molecule has 9 heteroatoms. The van der Waals surface area contributed by atoms with Crippen molar-refractivity contribution >= 4 is 11.6 Å². The second kappa shape index (κ2) is 7.18. The van der Waals surface area contributed by atoms with Gasteiger partial charge in [-0.2, -0.15) is 13.9 Å². The first-order valence-corrected chi connectivity index (χ1v) is 7.67. The van der Waals surface area contributed by atoms with Gasteiger partial charge in [-0.25, -0.2) is 17.9 Å². The van der Waals surface area contributed by atoms with Crippen LogP contribution < -0.4 is 5.32 Å². The molecule has 0 fully saturated rings. The minimum atomic E-state index is -2.87. The van der Waals surface area contributed by atoms with Crippen molar-refractivity contribution in [2.75, 3.05) is 5.32 Å². The Hall–Kier alpha value is -3.23. The first-order valence-electron chi connectivity index (χ1n) is 7.67. The summed E-state index contributed by atoms with van der Waals surface area (Å²) in [5.74, 6) is -4.02. The van der Waals surface area contributed by atoms with Gasteiger partial charge in [0, 0.05) is 23.0 Å². The Morgan fingerprint density at radius 2 is 1.70 bits per heavy atom. The highest BCUT2D eigenvalue weighted by Crippen LogP contribution is 2.29. The predicted octanol–water partition coefficient (Wildman–Crippen LogP) is 4.92. The smallest absolute Gasteiger partial charge is 0.322 e. The van der Waals surface area contributed by atoms with E-state index in [0.717, 1.165) is 30.5 Å². The molecule has 0 saturated heterocycles. The highest BCUT2D eigenvalue weighted by molar-refractivity contribution is 6.04. The van der Waals surface area contributed by atoms with Gasteiger partial charge in [0.1, 0.15) is 23.0 Å². The largest absolute Gasteiger partial charge is 0.333 e. The van der Waals surface area contributed by atoms with Crippen LogP contribution in [0.15, 0.2) is 42.6 Å². The molecular weight excluding hydrogens is 369 g/mol. The Balaban J connectivity index is 1.88. The highest BCUT2D eigenvalue weighted by atomic mass is 19.3. The van der Waals surface area contributed by atoms with Gasteiger partial charge in [0.05, 0.1) is 5.69 Å². The second-order valence-corrected chi connectivity index (χ2v) is 5.63. The van der Waals surface area contributed by atoms with Gasteiger partial charge in [-0.05, 0) is 37.3 Å². The van der Waals surface area contributed by atoms with Crippen molar-refractivity contribution in [1.29, 1.82) is 0 Å². The number of hydrogen-bond donors (Lipinski definition) is 1. The van der Waals surface area contributed by atoms with E-state index in [1.165, 1.54) is 19.1 Å².